The number of anilines is 1. The minimum absolute atomic E-state index is 0.0424. The number of carbonyl (C=O) groups excluding carboxylic acids is 1. The van der Waals surface area contributed by atoms with E-state index in [0.29, 0.717) is 16.5 Å². The third-order valence-corrected chi connectivity index (χ3v) is 3.71. The van der Waals surface area contributed by atoms with E-state index in [-0.39, 0.29) is 18.1 Å². The van der Waals surface area contributed by atoms with E-state index in [1.54, 1.807) is 30.3 Å². The smallest absolute Gasteiger partial charge is 0.411 e. The van der Waals surface area contributed by atoms with Crippen LogP contribution in [0.1, 0.15) is 16.3 Å². The van der Waals surface area contributed by atoms with Crippen molar-refractivity contribution in [3.8, 4) is 5.75 Å². The monoisotopic (exact) mass is 429 g/mol. The predicted octanol–water partition coefficient (Wildman–Crippen LogP) is 4.50. The van der Waals surface area contributed by atoms with Crippen molar-refractivity contribution < 1.29 is 31.9 Å². The highest BCUT2D eigenvalue weighted by Gasteiger charge is 2.27. The van der Waals surface area contributed by atoms with Crippen LogP contribution in [-0.4, -0.2) is 28.5 Å². The van der Waals surface area contributed by atoms with Gasteiger partial charge in [-0.25, -0.2) is 4.68 Å². The van der Waals surface area contributed by atoms with Crippen LogP contribution in [0.4, 0.5) is 18.9 Å². The highest BCUT2D eigenvalue weighted by molar-refractivity contribution is 6.30. The van der Waals surface area contributed by atoms with Crippen LogP contribution in [0, 0.1) is 0 Å². The summed E-state index contributed by atoms with van der Waals surface area (Å²) in [6.45, 7) is -1.67. The Balaban J connectivity index is 1.49. The van der Waals surface area contributed by atoms with E-state index in [1.165, 1.54) is 18.5 Å². The number of nitrogens with one attached hydrogen (secondary N) is 1. The Morgan fingerprint density at radius 1 is 1.21 bits per heavy atom. The quantitative estimate of drug-likeness (QED) is 0.570. The second-order valence-electron chi connectivity index (χ2n) is 5.82. The van der Waals surface area contributed by atoms with Gasteiger partial charge >= 0.3 is 6.18 Å². The molecule has 0 radical (unpaired) electrons. The summed E-state index contributed by atoms with van der Waals surface area (Å²) in [5, 5.41) is 6.92. The zero-order valence-corrected chi connectivity index (χ0v) is 15.5. The molecule has 0 saturated heterocycles. The molecule has 1 aromatic carbocycles. The lowest BCUT2D eigenvalue weighted by Gasteiger charge is -2.07. The first-order chi connectivity index (χ1) is 13.8. The minimum atomic E-state index is -4.42. The Kier molecular flexibility index (Phi) is 6.45. The van der Waals surface area contributed by atoms with Gasteiger partial charge in [0.1, 0.15) is 31.5 Å². The van der Waals surface area contributed by atoms with Crippen molar-refractivity contribution in [1.82, 2.24) is 9.78 Å². The summed E-state index contributed by atoms with van der Waals surface area (Å²) in [6, 6.07) is 9.86. The highest BCUT2D eigenvalue weighted by Crippen LogP contribution is 2.18. The molecule has 0 saturated carbocycles. The number of benzene rings is 1. The average molecular weight is 430 g/mol. The summed E-state index contributed by atoms with van der Waals surface area (Å²) in [5.41, 5.74) is 0.279. The van der Waals surface area contributed by atoms with Crippen molar-refractivity contribution in [2.45, 2.75) is 19.5 Å². The molecule has 0 atom stereocenters. The summed E-state index contributed by atoms with van der Waals surface area (Å²) in [7, 11) is 0. The van der Waals surface area contributed by atoms with Crippen LogP contribution in [0.3, 0.4) is 0 Å². The summed E-state index contributed by atoms with van der Waals surface area (Å²) in [5.74, 6) is 0.526. The number of ether oxygens (including phenoxy) is 2. The Morgan fingerprint density at radius 3 is 2.69 bits per heavy atom. The molecule has 3 rings (SSSR count). The van der Waals surface area contributed by atoms with Crippen molar-refractivity contribution in [2.75, 3.05) is 11.9 Å². The van der Waals surface area contributed by atoms with Gasteiger partial charge in [0.05, 0.1) is 18.1 Å². The van der Waals surface area contributed by atoms with Crippen LogP contribution >= 0.6 is 11.6 Å². The van der Waals surface area contributed by atoms with Gasteiger partial charge in [0.15, 0.2) is 5.76 Å². The zero-order chi connectivity index (χ0) is 20.9. The summed E-state index contributed by atoms with van der Waals surface area (Å²) < 4.78 is 52.7. The number of halogens is 4. The maximum Gasteiger partial charge on any atom is 0.411 e. The van der Waals surface area contributed by atoms with Crippen LogP contribution < -0.4 is 10.1 Å². The number of nitrogens with zero attached hydrogens (tertiary/aromatic N) is 2. The largest absolute Gasteiger partial charge is 0.486 e. The molecule has 3 aromatic rings. The first-order valence-corrected chi connectivity index (χ1v) is 8.62. The second kappa shape index (κ2) is 9.01. The number of aromatic nitrogens is 2. The van der Waals surface area contributed by atoms with Gasteiger partial charge < -0.3 is 19.2 Å². The molecule has 11 heteroatoms. The fourth-order valence-corrected chi connectivity index (χ4v) is 2.34. The Labute approximate surface area is 168 Å². The van der Waals surface area contributed by atoms with Crippen LogP contribution in [-0.2, 0) is 18.1 Å². The molecule has 7 nitrogen and oxygen atoms in total. The molecule has 0 aliphatic heterocycles. The van der Waals surface area contributed by atoms with Gasteiger partial charge in [-0.1, -0.05) is 11.6 Å². The molecule has 2 aromatic heterocycles. The molecule has 154 valence electrons. The van der Waals surface area contributed by atoms with E-state index in [0.717, 1.165) is 4.68 Å². The summed E-state index contributed by atoms with van der Waals surface area (Å²) in [4.78, 5) is 12.2. The van der Waals surface area contributed by atoms with Gasteiger partial charge in [0, 0.05) is 5.02 Å². The Hall–Kier alpha value is -2.98. The van der Waals surface area contributed by atoms with Crippen molar-refractivity contribution in [1.29, 1.82) is 0 Å². The van der Waals surface area contributed by atoms with E-state index < -0.39 is 25.4 Å². The van der Waals surface area contributed by atoms with E-state index in [2.05, 4.69) is 15.2 Å². The van der Waals surface area contributed by atoms with Gasteiger partial charge in [-0.3, -0.25) is 4.79 Å². The molecule has 1 amide bonds. The normalized spacial score (nSPS) is 11.4. The third-order valence-electron chi connectivity index (χ3n) is 3.46. The summed E-state index contributed by atoms with van der Waals surface area (Å²) in [6.07, 6.45) is -1.80. The van der Waals surface area contributed by atoms with Crippen LogP contribution in [0.5, 0.6) is 5.75 Å². The van der Waals surface area contributed by atoms with Gasteiger partial charge in [-0.2, -0.15) is 18.3 Å². The predicted molar refractivity (Wildman–Crippen MR) is 96.7 cm³/mol. The van der Waals surface area contributed by atoms with Crippen molar-refractivity contribution in [2.24, 2.45) is 0 Å². The SMILES string of the molecule is O=C(Nc1cnn(COCC(F)(F)F)c1)c1ccc(COc2ccc(Cl)cc2)o1. The first kappa shape index (κ1) is 20.7. The minimum Gasteiger partial charge on any atom is -0.486 e. The summed E-state index contributed by atoms with van der Waals surface area (Å²) >= 11 is 5.80. The van der Waals surface area contributed by atoms with Crippen molar-refractivity contribution in [3.05, 3.63) is 65.3 Å². The molecule has 2 heterocycles. The zero-order valence-electron chi connectivity index (χ0n) is 14.8. The molecule has 0 bridgehead atoms. The van der Waals surface area contributed by atoms with Crippen LogP contribution in [0.25, 0.3) is 0 Å². The number of amides is 1. The molecule has 0 spiro atoms. The van der Waals surface area contributed by atoms with Crippen LogP contribution in [0.2, 0.25) is 5.02 Å². The fraction of sp³-hybridized carbons (Fsp3) is 0.222. The van der Waals surface area contributed by atoms with E-state index in [1.807, 2.05) is 0 Å². The molecular formula is C18H15ClF3N3O4. The first-order valence-electron chi connectivity index (χ1n) is 8.24. The number of hydrogen-bond acceptors (Lipinski definition) is 5. The molecule has 0 unspecified atom stereocenters. The number of carbonyl (C=O) groups is 1. The van der Waals surface area contributed by atoms with Gasteiger partial charge in [-0.05, 0) is 36.4 Å². The lowest BCUT2D eigenvalue weighted by atomic mass is 10.3. The highest BCUT2D eigenvalue weighted by atomic mass is 35.5. The second-order valence-corrected chi connectivity index (χ2v) is 6.26. The lowest BCUT2D eigenvalue weighted by molar-refractivity contribution is -0.182. The number of rotatable bonds is 8. The number of hydrogen-bond donors (Lipinski definition) is 1. The van der Waals surface area contributed by atoms with E-state index in [9.17, 15) is 18.0 Å². The molecule has 29 heavy (non-hydrogen) atoms. The van der Waals surface area contributed by atoms with Crippen molar-refractivity contribution in [3.63, 3.8) is 0 Å². The van der Waals surface area contributed by atoms with Crippen LogP contribution in [0.15, 0.2) is 53.2 Å². The Bertz CT molecular complexity index is 954. The van der Waals surface area contributed by atoms with E-state index in [4.69, 9.17) is 20.8 Å². The fourth-order valence-electron chi connectivity index (χ4n) is 2.21. The molecule has 0 fully saturated rings. The number of furan rings is 1. The van der Waals surface area contributed by atoms with E-state index >= 15 is 0 Å². The average Bonchev–Trinajstić information content (AvgIpc) is 3.30. The molecule has 0 aliphatic carbocycles. The van der Waals surface area contributed by atoms with Gasteiger partial charge in [0.2, 0.25) is 0 Å². The Morgan fingerprint density at radius 2 is 1.97 bits per heavy atom. The molecular weight excluding hydrogens is 415 g/mol. The van der Waals surface area contributed by atoms with Gasteiger partial charge in [-0.15, -0.1) is 0 Å². The molecule has 1 N–H and O–H groups in total. The maximum atomic E-state index is 12.2. The lowest BCUT2D eigenvalue weighted by Crippen LogP contribution is -2.18. The topological polar surface area (TPSA) is 78.5 Å². The van der Waals surface area contributed by atoms with Crippen molar-refractivity contribution >= 4 is 23.2 Å². The standard InChI is InChI=1S/C18H15ClF3N3O4/c19-12-1-3-14(4-2-12)28-9-15-5-6-16(29-15)17(26)24-13-7-23-25(8-13)11-27-10-18(20,21)22/h1-8H,9-11H2,(H,24,26). The maximum absolute atomic E-state index is 12.2. The molecule has 0 aliphatic rings. The third kappa shape index (κ3) is 6.54. The van der Waals surface area contributed by atoms with Gasteiger partial charge in [0.25, 0.3) is 5.91 Å². The number of alkyl halides is 3.